The number of fused-ring (bicyclic) bond motifs is 1. The number of hydrogen-bond donors (Lipinski definition) is 1. The molecule has 0 saturated heterocycles. The van der Waals surface area contributed by atoms with E-state index in [0.29, 0.717) is 34.4 Å². The topological polar surface area (TPSA) is 68.9 Å². The Hall–Kier alpha value is -3.45. The molecule has 2 aromatic heterocycles. The van der Waals surface area contributed by atoms with Gasteiger partial charge in [0.05, 0.1) is 33.0 Å². The van der Waals surface area contributed by atoms with Crippen molar-refractivity contribution < 1.29 is 9.18 Å². The molecule has 1 saturated carbocycles. The van der Waals surface area contributed by atoms with E-state index in [1.807, 2.05) is 28.8 Å². The lowest BCUT2D eigenvalue weighted by molar-refractivity contribution is 0.0919. The number of carbonyl (C=O) groups is 1. The van der Waals surface area contributed by atoms with Gasteiger partial charge in [0.1, 0.15) is 5.82 Å². The van der Waals surface area contributed by atoms with E-state index < -0.39 is 0 Å². The fraction of sp³-hybridized carbons (Fsp3) is 0.296. The predicted molar refractivity (Wildman–Crippen MR) is 135 cm³/mol. The maximum atomic E-state index is 13.4. The minimum atomic E-state index is -0.337. The quantitative estimate of drug-likeness (QED) is 0.412. The van der Waals surface area contributed by atoms with Crippen molar-refractivity contribution in [1.82, 2.24) is 19.4 Å². The van der Waals surface area contributed by atoms with Crippen molar-refractivity contribution in [3.05, 3.63) is 93.4 Å². The molecule has 0 radical (unpaired) electrons. The standard InChI is InChI=1S/C27H26ClFN4O2/c1-17-23(14-19(28)15-30-17)26(34)31-21-10-6-18(7-11-21)16-32-24-4-2-3-5-25(24)33(27(32)35)22-12-8-20(29)9-13-22/h2-5,8-9,12-15,18,21H,6-7,10-11,16H2,1H3,(H,31,34). The second kappa shape index (κ2) is 9.66. The van der Waals surface area contributed by atoms with Crippen LogP contribution in [0.2, 0.25) is 5.02 Å². The zero-order chi connectivity index (χ0) is 24.5. The smallest absolute Gasteiger partial charge is 0.333 e. The van der Waals surface area contributed by atoms with Gasteiger partial charge in [0.2, 0.25) is 0 Å². The fourth-order valence-corrected chi connectivity index (χ4v) is 5.13. The number of nitrogens with one attached hydrogen (secondary N) is 1. The molecule has 0 atom stereocenters. The van der Waals surface area contributed by atoms with Gasteiger partial charge in [-0.3, -0.25) is 18.9 Å². The summed E-state index contributed by atoms with van der Waals surface area (Å²) in [6.07, 6.45) is 5.03. The molecule has 0 unspecified atom stereocenters. The number of nitrogens with zero attached hydrogens (tertiary/aromatic N) is 3. The minimum absolute atomic E-state index is 0.0782. The fourth-order valence-electron chi connectivity index (χ4n) is 4.97. The first kappa shape index (κ1) is 23.3. The van der Waals surface area contributed by atoms with E-state index >= 15 is 0 Å². The Bertz CT molecular complexity index is 1440. The molecule has 35 heavy (non-hydrogen) atoms. The Morgan fingerprint density at radius 2 is 1.77 bits per heavy atom. The molecule has 2 aromatic carbocycles. The number of amides is 1. The van der Waals surface area contributed by atoms with E-state index in [0.717, 1.165) is 36.7 Å². The van der Waals surface area contributed by atoms with Crippen molar-refractivity contribution in [3.8, 4) is 5.69 Å². The largest absolute Gasteiger partial charge is 0.349 e. The van der Waals surface area contributed by atoms with Crippen LogP contribution in [0.25, 0.3) is 16.7 Å². The average molecular weight is 493 g/mol. The first-order chi connectivity index (χ1) is 16.9. The van der Waals surface area contributed by atoms with Crippen LogP contribution in [0.3, 0.4) is 0 Å². The molecule has 1 aliphatic rings. The molecule has 0 bridgehead atoms. The highest BCUT2D eigenvalue weighted by Gasteiger charge is 2.25. The van der Waals surface area contributed by atoms with E-state index in [9.17, 15) is 14.0 Å². The molecular weight excluding hydrogens is 467 g/mol. The molecule has 5 rings (SSSR count). The van der Waals surface area contributed by atoms with Crippen molar-refractivity contribution in [3.63, 3.8) is 0 Å². The summed E-state index contributed by atoms with van der Waals surface area (Å²) in [4.78, 5) is 30.3. The lowest BCUT2D eigenvalue weighted by Crippen LogP contribution is -2.39. The molecule has 0 aliphatic heterocycles. The predicted octanol–water partition coefficient (Wildman–Crippen LogP) is 5.28. The lowest BCUT2D eigenvalue weighted by Gasteiger charge is -2.29. The van der Waals surface area contributed by atoms with Gasteiger partial charge in [-0.15, -0.1) is 0 Å². The summed E-state index contributed by atoms with van der Waals surface area (Å²) in [5.74, 6) is -0.168. The molecule has 6 nitrogen and oxygen atoms in total. The van der Waals surface area contributed by atoms with Crippen LogP contribution in [0.4, 0.5) is 4.39 Å². The summed E-state index contributed by atoms with van der Waals surface area (Å²) in [6.45, 7) is 2.40. The van der Waals surface area contributed by atoms with E-state index in [4.69, 9.17) is 11.6 Å². The molecule has 1 aliphatic carbocycles. The lowest BCUT2D eigenvalue weighted by atomic mass is 9.85. The van der Waals surface area contributed by atoms with E-state index in [2.05, 4.69) is 10.3 Å². The Morgan fingerprint density at radius 3 is 2.49 bits per heavy atom. The van der Waals surface area contributed by atoms with Gasteiger partial charge in [0.15, 0.2) is 0 Å². The number of imidazole rings is 1. The monoisotopic (exact) mass is 492 g/mol. The Labute approximate surface area is 207 Å². The second-order valence-corrected chi connectivity index (χ2v) is 9.61. The number of aryl methyl sites for hydroxylation is 1. The summed E-state index contributed by atoms with van der Waals surface area (Å²) >= 11 is 6.01. The molecule has 1 fully saturated rings. The van der Waals surface area contributed by atoms with Crippen LogP contribution in [0.5, 0.6) is 0 Å². The highest BCUT2D eigenvalue weighted by atomic mass is 35.5. The molecule has 1 amide bonds. The Balaban J connectivity index is 1.30. The van der Waals surface area contributed by atoms with Gasteiger partial charge in [0.25, 0.3) is 5.91 Å². The number of rotatable bonds is 5. The van der Waals surface area contributed by atoms with Gasteiger partial charge in [-0.05, 0) is 81.0 Å². The molecular formula is C27H26ClFN4O2. The van der Waals surface area contributed by atoms with Crippen LogP contribution in [0.15, 0.2) is 65.6 Å². The summed E-state index contributed by atoms with van der Waals surface area (Å²) in [5.41, 5.74) is 3.33. The number of halogens is 2. The van der Waals surface area contributed by atoms with E-state index in [1.165, 1.54) is 18.3 Å². The Kier molecular flexibility index (Phi) is 6.43. The summed E-state index contributed by atoms with van der Waals surface area (Å²) in [7, 11) is 0. The van der Waals surface area contributed by atoms with Gasteiger partial charge in [0, 0.05) is 18.8 Å². The third-order valence-electron chi connectivity index (χ3n) is 6.84. The van der Waals surface area contributed by atoms with Gasteiger partial charge in [-0.1, -0.05) is 23.7 Å². The molecule has 0 spiro atoms. The molecule has 2 heterocycles. The van der Waals surface area contributed by atoms with Gasteiger partial charge < -0.3 is 5.32 Å². The molecule has 8 heteroatoms. The summed E-state index contributed by atoms with van der Waals surface area (Å²) in [5, 5.41) is 3.56. The van der Waals surface area contributed by atoms with Crippen LogP contribution in [-0.4, -0.2) is 26.1 Å². The maximum Gasteiger partial charge on any atom is 0.333 e. The highest BCUT2D eigenvalue weighted by Crippen LogP contribution is 2.28. The number of para-hydroxylation sites is 2. The summed E-state index contributed by atoms with van der Waals surface area (Å²) in [6, 6.07) is 15.4. The number of hydrogen-bond acceptors (Lipinski definition) is 3. The van der Waals surface area contributed by atoms with E-state index in [-0.39, 0.29) is 23.5 Å². The van der Waals surface area contributed by atoms with Crippen molar-refractivity contribution in [2.45, 2.75) is 45.2 Å². The molecule has 4 aromatic rings. The van der Waals surface area contributed by atoms with E-state index in [1.54, 1.807) is 29.7 Å². The highest BCUT2D eigenvalue weighted by molar-refractivity contribution is 6.30. The maximum absolute atomic E-state index is 13.4. The van der Waals surface area contributed by atoms with Crippen molar-refractivity contribution >= 4 is 28.5 Å². The average Bonchev–Trinajstić information content (AvgIpc) is 3.13. The normalized spacial score (nSPS) is 18.0. The van der Waals surface area contributed by atoms with Crippen molar-refractivity contribution in [2.75, 3.05) is 0 Å². The molecule has 180 valence electrons. The van der Waals surface area contributed by atoms with Crippen LogP contribution < -0.4 is 11.0 Å². The van der Waals surface area contributed by atoms with Gasteiger partial charge in [-0.25, -0.2) is 9.18 Å². The van der Waals surface area contributed by atoms with Crippen LogP contribution in [0.1, 0.15) is 41.7 Å². The number of carbonyl (C=O) groups excluding carboxylic acids is 1. The SMILES string of the molecule is Cc1ncc(Cl)cc1C(=O)NC1CCC(Cn2c(=O)n(-c3ccc(F)cc3)c3ccccc32)CC1. The number of aromatic nitrogens is 3. The van der Waals surface area contributed by atoms with Gasteiger partial charge in [-0.2, -0.15) is 0 Å². The zero-order valence-electron chi connectivity index (χ0n) is 19.4. The van der Waals surface area contributed by atoms with Crippen LogP contribution in [0, 0.1) is 18.7 Å². The first-order valence-electron chi connectivity index (χ1n) is 11.8. The number of benzene rings is 2. The van der Waals surface area contributed by atoms with Crippen molar-refractivity contribution in [2.24, 2.45) is 5.92 Å². The molecule has 1 N–H and O–H groups in total. The third-order valence-corrected chi connectivity index (χ3v) is 7.05. The second-order valence-electron chi connectivity index (χ2n) is 9.17. The number of pyridine rings is 1. The van der Waals surface area contributed by atoms with Crippen molar-refractivity contribution in [1.29, 1.82) is 0 Å². The minimum Gasteiger partial charge on any atom is -0.349 e. The first-order valence-corrected chi connectivity index (χ1v) is 12.2. The zero-order valence-corrected chi connectivity index (χ0v) is 20.1. The van der Waals surface area contributed by atoms with Crippen LogP contribution >= 0.6 is 11.6 Å². The summed E-state index contributed by atoms with van der Waals surface area (Å²) < 4.78 is 16.9. The third kappa shape index (κ3) is 4.73. The van der Waals surface area contributed by atoms with Gasteiger partial charge >= 0.3 is 5.69 Å². The van der Waals surface area contributed by atoms with Crippen LogP contribution in [-0.2, 0) is 6.54 Å². The Morgan fingerprint density at radius 1 is 1.09 bits per heavy atom.